The molecule has 0 aromatic carbocycles. The van der Waals surface area contributed by atoms with Crippen LogP contribution in [0.2, 0.25) is 0 Å². The second-order valence-corrected chi connectivity index (χ2v) is 3.69. The van der Waals surface area contributed by atoms with E-state index in [0.29, 0.717) is 5.82 Å². The molecule has 1 heterocycles. The molecule has 1 aromatic heterocycles. The minimum absolute atomic E-state index is 0.528. The average Bonchev–Trinajstić information content (AvgIpc) is 2.28. The van der Waals surface area contributed by atoms with Crippen molar-refractivity contribution in [2.45, 2.75) is 19.8 Å². The zero-order valence-corrected chi connectivity index (χ0v) is 10.2. The molecule has 0 aliphatic heterocycles. The Hall–Kier alpha value is -1.36. The lowest BCUT2D eigenvalue weighted by atomic mass is 10.3. The van der Waals surface area contributed by atoms with Gasteiger partial charge in [0.05, 0.1) is 0 Å². The number of ether oxygens (including phenoxy) is 1. The Balaban J connectivity index is 2.66. The molecule has 0 saturated heterocycles. The van der Waals surface area contributed by atoms with Gasteiger partial charge in [-0.05, 0) is 6.42 Å². The van der Waals surface area contributed by atoms with Gasteiger partial charge in [-0.3, -0.25) is 0 Å². The summed E-state index contributed by atoms with van der Waals surface area (Å²) in [5.74, 6) is 2.19. The van der Waals surface area contributed by atoms with E-state index in [0.717, 1.165) is 37.6 Å². The number of nitrogen functional groups attached to an aromatic ring is 1. The number of anilines is 2. The lowest BCUT2D eigenvalue weighted by Crippen LogP contribution is -2.21. The van der Waals surface area contributed by atoms with Crippen molar-refractivity contribution in [2.24, 2.45) is 0 Å². The van der Waals surface area contributed by atoms with Gasteiger partial charge in [0, 0.05) is 39.8 Å². The van der Waals surface area contributed by atoms with E-state index < -0.39 is 0 Å². The van der Waals surface area contributed by atoms with Crippen molar-refractivity contribution < 1.29 is 4.74 Å². The standard InChI is InChI=1S/C11H20N4O/c1-4-10-13-9(12)8-11(14-10)15(2)6-5-7-16-3/h8H,4-7H2,1-3H3,(H2,12,13,14). The minimum atomic E-state index is 0.528. The Labute approximate surface area is 96.6 Å². The summed E-state index contributed by atoms with van der Waals surface area (Å²) in [6.45, 7) is 3.67. The van der Waals surface area contributed by atoms with Crippen LogP contribution < -0.4 is 10.6 Å². The van der Waals surface area contributed by atoms with E-state index in [-0.39, 0.29) is 0 Å². The molecule has 5 heteroatoms. The maximum atomic E-state index is 5.73. The summed E-state index contributed by atoms with van der Waals surface area (Å²) in [6.07, 6.45) is 1.77. The average molecular weight is 224 g/mol. The first-order valence-corrected chi connectivity index (χ1v) is 5.51. The number of hydrogen-bond donors (Lipinski definition) is 1. The summed E-state index contributed by atoms with van der Waals surface area (Å²) < 4.78 is 5.01. The van der Waals surface area contributed by atoms with Crippen LogP contribution in [-0.2, 0) is 11.2 Å². The maximum absolute atomic E-state index is 5.73. The van der Waals surface area contributed by atoms with Crippen molar-refractivity contribution in [1.29, 1.82) is 0 Å². The Kier molecular flexibility index (Phi) is 4.98. The third kappa shape index (κ3) is 3.66. The van der Waals surface area contributed by atoms with Crippen LogP contribution in [0.4, 0.5) is 11.6 Å². The van der Waals surface area contributed by atoms with E-state index in [1.54, 1.807) is 13.2 Å². The Morgan fingerprint density at radius 3 is 2.81 bits per heavy atom. The fraction of sp³-hybridized carbons (Fsp3) is 0.636. The summed E-state index contributed by atoms with van der Waals surface area (Å²) >= 11 is 0. The van der Waals surface area contributed by atoms with Gasteiger partial charge in [0.25, 0.3) is 0 Å². The molecule has 0 atom stereocenters. The third-order valence-electron chi connectivity index (χ3n) is 2.33. The predicted molar refractivity (Wildman–Crippen MR) is 65.6 cm³/mol. The van der Waals surface area contributed by atoms with Crippen LogP contribution in [0, 0.1) is 0 Å². The zero-order chi connectivity index (χ0) is 12.0. The van der Waals surface area contributed by atoms with Gasteiger partial charge in [-0.2, -0.15) is 0 Å². The number of rotatable bonds is 6. The van der Waals surface area contributed by atoms with Gasteiger partial charge in [0.1, 0.15) is 17.5 Å². The van der Waals surface area contributed by atoms with Crippen LogP contribution >= 0.6 is 0 Å². The lowest BCUT2D eigenvalue weighted by molar-refractivity contribution is 0.196. The zero-order valence-electron chi connectivity index (χ0n) is 10.2. The molecule has 1 aromatic rings. The van der Waals surface area contributed by atoms with Crippen LogP contribution in [0.3, 0.4) is 0 Å². The molecule has 0 aliphatic rings. The molecular formula is C11H20N4O. The summed E-state index contributed by atoms with van der Waals surface area (Å²) in [7, 11) is 3.70. The predicted octanol–water partition coefficient (Wildman–Crippen LogP) is 1.09. The SMILES string of the molecule is CCc1nc(N)cc(N(C)CCCOC)n1. The van der Waals surface area contributed by atoms with Crippen molar-refractivity contribution in [3.63, 3.8) is 0 Å². The van der Waals surface area contributed by atoms with E-state index >= 15 is 0 Å². The van der Waals surface area contributed by atoms with Gasteiger partial charge in [0.2, 0.25) is 0 Å². The minimum Gasteiger partial charge on any atom is -0.385 e. The fourth-order valence-electron chi connectivity index (χ4n) is 1.42. The highest BCUT2D eigenvalue weighted by Gasteiger charge is 2.05. The first-order chi connectivity index (χ1) is 7.67. The second kappa shape index (κ2) is 6.27. The molecule has 0 unspecified atom stereocenters. The van der Waals surface area contributed by atoms with Crippen LogP contribution in [0.15, 0.2) is 6.07 Å². The molecule has 0 radical (unpaired) electrons. The van der Waals surface area contributed by atoms with Crippen molar-refractivity contribution in [2.75, 3.05) is 37.9 Å². The van der Waals surface area contributed by atoms with E-state index in [9.17, 15) is 0 Å². The Morgan fingerprint density at radius 2 is 2.19 bits per heavy atom. The highest BCUT2D eigenvalue weighted by Crippen LogP contribution is 2.13. The quantitative estimate of drug-likeness (QED) is 0.733. The molecule has 0 fully saturated rings. The first-order valence-electron chi connectivity index (χ1n) is 5.51. The number of methoxy groups -OCH3 is 1. The van der Waals surface area contributed by atoms with Crippen molar-refractivity contribution in [1.82, 2.24) is 9.97 Å². The lowest BCUT2D eigenvalue weighted by Gasteiger charge is -2.18. The van der Waals surface area contributed by atoms with Crippen LogP contribution in [0.1, 0.15) is 19.2 Å². The summed E-state index contributed by atoms with van der Waals surface area (Å²) in [4.78, 5) is 10.6. The molecule has 90 valence electrons. The topological polar surface area (TPSA) is 64.3 Å². The van der Waals surface area contributed by atoms with Gasteiger partial charge in [-0.25, -0.2) is 9.97 Å². The van der Waals surface area contributed by atoms with E-state index in [1.807, 2.05) is 14.0 Å². The monoisotopic (exact) mass is 224 g/mol. The highest BCUT2D eigenvalue weighted by atomic mass is 16.5. The molecule has 1 rings (SSSR count). The molecular weight excluding hydrogens is 204 g/mol. The fourth-order valence-corrected chi connectivity index (χ4v) is 1.42. The number of nitrogens with two attached hydrogens (primary N) is 1. The van der Waals surface area contributed by atoms with Crippen LogP contribution in [-0.4, -0.2) is 37.3 Å². The summed E-state index contributed by atoms with van der Waals surface area (Å²) in [5, 5.41) is 0. The van der Waals surface area contributed by atoms with Gasteiger partial charge in [-0.1, -0.05) is 6.92 Å². The molecule has 5 nitrogen and oxygen atoms in total. The maximum Gasteiger partial charge on any atom is 0.134 e. The smallest absolute Gasteiger partial charge is 0.134 e. The number of aryl methyl sites for hydroxylation is 1. The normalized spacial score (nSPS) is 10.4. The molecule has 0 amide bonds. The molecule has 0 bridgehead atoms. The van der Waals surface area contributed by atoms with Crippen LogP contribution in [0.25, 0.3) is 0 Å². The molecule has 2 N–H and O–H groups in total. The summed E-state index contributed by atoms with van der Waals surface area (Å²) in [6, 6.07) is 1.80. The van der Waals surface area contributed by atoms with E-state index in [1.165, 1.54) is 0 Å². The summed E-state index contributed by atoms with van der Waals surface area (Å²) in [5.41, 5.74) is 5.73. The van der Waals surface area contributed by atoms with Crippen LogP contribution in [0.5, 0.6) is 0 Å². The second-order valence-electron chi connectivity index (χ2n) is 3.69. The van der Waals surface area contributed by atoms with E-state index in [4.69, 9.17) is 10.5 Å². The Bertz CT molecular complexity index is 330. The molecule has 0 aliphatic carbocycles. The van der Waals surface area contributed by atoms with Gasteiger partial charge in [-0.15, -0.1) is 0 Å². The highest BCUT2D eigenvalue weighted by molar-refractivity contribution is 5.46. The van der Waals surface area contributed by atoms with Gasteiger partial charge < -0.3 is 15.4 Å². The van der Waals surface area contributed by atoms with Gasteiger partial charge >= 0.3 is 0 Å². The van der Waals surface area contributed by atoms with Crippen molar-refractivity contribution in [3.8, 4) is 0 Å². The van der Waals surface area contributed by atoms with Gasteiger partial charge in [0.15, 0.2) is 0 Å². The first kappa shape index (κ1) is 12.7. The Morgan fingerprint density at radius 1 is 1.44 bits per heavy atom. The van der Waals surface area contributed by atoms with Crippen molar-refractivity contribution in [3.05, 3.63) is 11.9 Å². The third-order valence-corrected chi connectivity index (χ3v) is 2.33. The largest absolute Gasteiger partial charge is 0.385 e. The molecule has 16 heavy (non-hydrogen) atoms. The molecule has 0 saturated carbocycles. The number of nitrogens with zero attached hydrogens (tertiary/aromatic N) is 3. The van der Waals surface area contributed by atoms with Crippen molar-refractivity contribution >= 4 is 11.6 Å². The molecule has 0 spiro atoms. The number of hydrogen-bond acceptors (Lipinski definition) is 5. The number of aromatic nitrogens is 2. The van der Waals surface area contributed by atoms with E-state index in [2.05, 4.69) is 14.9 Å².